The number of aromatic nitrogens is 4. The molecule has 0 bridgehead atoms. The molecular weight excluding hydrogens is 280 g/mol. The maximum Gasteiger partial charge on any atom is 0.335 e. The van der Waals surface area contributed by atoms with Crippen molar-refractivity contribution in [3.63, 3.8) is 0 Å². The smallest absolute Gasteiger partial charge is 0.335 e. The van der Waals surface area contributed by atoms with Crippen LogP contribution in [0.5, 0.6) is 0 Å². The van der Waals surface area contributed by atoms with Gasteiger partial charge in [0.25, 0.3) is 0 Å². The SMILES string of the molecule is Cn1cc(-c2cc3cncnc3[nH]2)c2cc(C(=O)O)ccc21. The number of aromatic carboxylic acids is 1. The number of nitrogens with zero attached hydrogens (tertiary/aromatic N) is 3. The van der Waals surface area contributed by atoms with E-state index in [1.807, 2.05) is 29.9 Å². The van der Waals surface area contributed by atoms with Crippen LogP contribution in [0.2, 0.25) is 0 Å². The van der Waals surface area contributed by atoms with E-state index < -0.39 is 5.97 Å². The van der Waals surface area contributed by atoms with Crippen LogP contribution in [0.3, 0.4) is 0 Å². The lowest BCUT2D eigenvalue weighted by Crippen LogP contribution is -1.95. The summed E-state index contributed by atoms with van der Waals surface area (Å²) in [5.74, 6) is -0.931. The fourth-order valence-electron chi connectivity index (χ4n) is 2.75. The molecule has 3 aromatic heterocycles. The number of carboxylic acid groups (broad SMARTS) is 1. The molecule has 0 aliphatic carbocycles. The van der Waals surface area contributed by atoms with Crippen molar-refractivity contribution in [3.05, 3.63) is 48.5 Å². The highest BCUT2D eigenvalue weighted by atomic mass is 16.4. The summed E-state index contributed by atoms with van der Waals surface area (Å²) in [6, 6.07) is 7.11. The lowest BCUT2D eigenvalue weighted by atomic mass is 10.1. The fraction of sp³-hybridized carbons (Fsp3) is 0.0625. The molecule has 2 N–H and O–H groups in total. The summed E-state index contributed by atoms with van der Waals surface area (Å²) in [4.78, 5) is 22.7. The lowest BCUT2D eigenvalue weighted by molar-refractivity contribution is 0.0697. The number of carbonyl (C=O) groups is 1. The molecule has 0 fully saturated rings. The Morgan fingerprint density at radius 2 is 2.18 bits per heavy atom. The monoisotopic (exact) mass is 292 g/mol. The number of hydrogen-bond acceptors (Lipinski definition) is 3. The normalized spacial score (nSPS) is 11.3. The Balaban J connectivity index is 2.00. The molecule has 0 atom stereocenters. The van der Waals surface area contributed by atoms with Crippen LogP contribution >= 0.6 is 0 Å². The van der Waals surface area contributed by atoms with Gasteiger partial charge in [-0.15, -0.1) is 0 Å². The van der Waals surface area contributed by atoms with Crippen molar-refractivity contribution in [1.82, 2.24) is 19.5 Å². The first-order valence-electron chi connectivity index (χ1n) is 6.75. The highest BCUT2D eigenvalue weighted by Crippen LogP contribution is 2.31. The van der Waals surface area contributed by atoms with Gasteiger partial charge in [-0.3, -0.25) is 0 Å². The topological polar surface area (TPSA) is 83.8 Å². The van der Waals surface area contributed by atoms with Crippen LogP contribution in [0.4, 0.5) is 0 Å². The quantitative estimate of drug-likeness (QED) is 0.595. The molecule has 6 heteroatoms. The minimum absolute atomic E-state index is 0.274. The first kappa shape index (κ1) is 12.6. The number of fused-ring (bicyclic) bond motifs is 2. The molecule has 0 saturated heterocycles. The second-order valence-corrected chi connectivity index (χ2v) is 5.20. The molecule has 0 amide bonds. The average Bonchev–Trinajstić information content (AvgIpc) is 3.08. The van der Waals surface area contributed by atoms with Crippen molar-refractivity contribution >= 4 is 27.9 Å². The summed E-state index contributed by atoms with van der Waals surface area (Å²) in [5, 5.41) is 11.0. The third kappa shape index (κ3) is 1.77. The number of carboxylic acids is 1. The van der Waals surface area contributed by atoms with Gasteiger partial charge in [-0.2, -0.15) is 0 Å². The molecule has 0 aliphatic rings. The number of aromatic amines is 1. The maximum atomic E-state index is 11.2. The molecular formula is C16H12N4O2. The molecule has 4 aromatic rings. The zero-order valence-corrected chi connectivity index (χ0v) is 11.7. The van der Waals surface area contributed by atoms with Crippen molar-refractivity contribution in [2.75, 3.05) is 0 Å². The summed E-state index contributed by atoms with van der Waals surface area (Å²) in [6.07, 6.45) is 5.22. The van der Waals surface area contributed by atoms with Crippen LogP contribution in [-0.4, -0.2) is 30.6 Å². The van der Waals surface area contributed by atoms with E-state index in [2.05, 4.69) is 15.0 Å². The zero-order valence-electron chi connectivity index (χ0n) is 11.7. The highest BCUT2D eigenvalue weighted by molar-refractivity contribution is 6.01. The molecule has 4 rings (SSSR count). The summed E-state index contributed by atoms with van der Waals surface area (Å²) in [5.41, 5.74) is 3.85. The predicted molar refractivity (Wildman–Crippen MR) is 82.8 cm³/mol. The summed E-state index contributed by atoms with van der Waals surface area (Å²) >= 11 is 0. The molecule has 0 radical (unpaired) electrons. The Labute approximate surface area is 125 Å². The van der Waals surface area contributed by atoms with E-state index in [0.717, 1.165) is 33.2 Å². The maximum absolute atomic E-state index is 11.2. The van der Waals surface area contributed by atoms with Crippen LogP contribution in [-0.2, 0) is 7.05 Å². The number of benzene rings is 1. The van der Waals surface area contributed by atoms with Crippen LogP contribution in [0.1, 0.15) is 10.4 Å². The van der Waals surface area contributed by atoms with Gasteiger partial charge in [0.15, 0.2) is 0 Å². The van der Waals surface area contributed by atoms with E-state index in [1.165, 1.54) is 6.33 Å². The Morgan fingerprint density at radius 1 is 1.32 bits per heavy atom. The Bertz CT molecular complexity index is 996. The molecule has 108 valence electrons. The molecule has 0 spiro atoms. The van der Waals surface area contributed by atoms with Gasteiger partial charge in [0.05, 0.1) is 5.56 Å². The van der Waals surface area contributed by atoms with Crippen LogP contribution in [0, 0.1) is 0 Å². The van der Waals surface area contributed by atoms with Crippen molar-refractivity contribution in [2.24, 2.45) is 7.05 Å². The second kappa shape index (κ2) is 4.42. The van der Waals surface area contributed by atoms with Crippen molar-refractivity contribution in [2.45, 2.75) is 0 Å². The van der Waals surface area contributed by atoms with Gasteiger partial charge in [0.1, 0.15) is 12.0 Å². The number of aryl methyl sites for hydroxylation is 1. The largest absolute Gasteiger partial charge is 0.478 e. The van der Waals surface area contributed by atoms with E-state index in [0.29, 0.717) is 0 Å². The Hall–Kier alpha value is -3.15. The molecule has 0 unspecified atom stereocenters. The molecule has 1 aromatic carbocycles. The van der Waals surface area contributed by atoms with Crippen LogP contribution in [0.25, 0.3) is 33.2 Å². The summed E-state index contributed by atoms with van der Waals surface area (Å²) in [7, 11) is 1.94. The standard InChI is InChI=1S/C16H12N4O2/c1-20-7-12(11-4-9(16(21)22)2-3-14(11)20)13-5-10-6-17-8-18-15(10)19-13/h2-8H,1H3,(H,21,22)(H,17,18,19). The number of nitrogens with one attached hydrogen (secondary N) is 1. The molecule has 6 nitrogen and oxygen atoms in total. The van der Waals surface area contributed by atoms with Crippen molar-refractivity contribution in [3.8, 4) is 11.3 Å². The van der Waals surface area contributed by atoms with Crippen molar-refractivity contribution in [1.29, 1.82) is 0 Å². The first-order chi connectivity index (χ1) is 10.6. The molecule has 3 heterocycles. The predicted octanol–water partition coefficient (Wildman–Crippen LogP) is 2.81. The van der Waals surface area contributed by atoms with Gasteiger partial charge in [0, 0.05) is 47.0 Å². The minimum atomic E-state index is -0.931. The Kier molecular flexibility index (Phi) is 2.53. The van der Waals surface area contributed by atoms with Gasteiger partial charge in [0.2, 0.25) is 0 Å². The minimum Gasteiger partial charge on any atom is -0.478 e. The van der Waals surface area contributed by atoms with Crippen LogP contribution in [0.15, 0.2) is 43.0 Å². The first-order valence-corrected chi connectivity index (χ1v) is 6.75. The van der Waals surface area contributed by atoms with E-state index in [4.69, 9.17) is 0 Å². The fourth-order valence-corrected chi connectivity index (χ4v) is 2.75. The van der Waals surface area contributed by atoms with Gasteiger partial charge < -0.3 is 14.7 Å². The zero-order chi connectivity index (χ0) is 15.3. The van der Waals surface area contributed by atoms with E-state index in [1.54, 1.807) is 18.3 Å². The van der Waals surface area contributed by atoms with Crippen molar-refractivity contribution < 1.29 is 9.90 Å². The summed E-state index contributed by atoms with van der Waals surface area (Å²) in [6.45, 7) is 0. The number of rotatable bonds is 2. The van der Waals surface area contributed by atoms with Gasteiger partial charge in [-0.05, 0) is 24.3 Å². The number of hydrogen-bond donors (Lipinski definition) is 2. The van der Waals surface area contributed by atoms with E-state index in [9.17, 15) is 9.90 Å². The summed E-state index contributed by atoms with van der Waals surface area (Å²) < 4.78 is 1.98. The third-order valence-corrected chi connectivity index (χ3v) is 3.82. The van der Waals surface area contributed by atoms with Crippen LogP contribution < -0.4 is 0 Å². The lowest BCUT2D eigenvalue weighted by Gasteiger charge is -1.99. The molecule has 0 saturated carbocycles. The molecule has 0 aliphatic heterocycles. The third-order valence-electron chi connectivity index (χ3n) is 3.82. The molecule has 22 heavy (non-hydrogen) atoms. The van der Waals surface area contributed by atoms with Gasteiger partial charge >= 0.3 is 5.97 Å². The van der Waals surface area contributed by atoms with Gasteiger partial charge in [-0.1, -0.05) is 0 Å². The number of H-pyrrole nitrogens is 1. The van der Waals surface area contributed by atoms with E-state index in [-0.39, 0.29) is 5.56 Å². The Morgan fingerprint density at radius 3 is 2.95 bits per heavy atom. The van der Waals surface area contributed by atoms with Gasteiger partial charge in [-0.25, -0.2) is 14.8 Å². The van der Waals surface area contributed by atoms with E-state index >= 15 is 0 Å². The second-order valence-electron chi connectivity index (χ2n) is 5.20. The highest BCUT2D eigenvalue weighted by Gasteiger charge is 2.13. The average molecular weight is 292 g/mol.